The average molecular weight is 235 g/mol. The Kier molecular flexibility index (Phi) is 6.83. The first-order valence-corrected chi connectivity index (χ1v) is 4.54. The molecule has 0 fully saturated rings. The van der Waals surface area contributed by atoms with Crippen LogP contribution in [0.15, 0.2) is 30.3 Å². The molecule has 0 aliphatic rings. The average Bonchev–Trinajstić information content (AvgIpc) is 2.03. The smallest absolute Gasteiger partial charge is 0.0470 e. The fraction of sp³-hybridized carbons (Fsp3) is 0.250. The van der Waals surface area contributed by atoms with Gasteiger partial charge in [-0.25, -0.2) is 0 Å². The zero-order valence-electron chi connectivity index (χ0n) is 6.16. The van der Waals surface area contributed by atoms with Crippen molar-refractivity contribution in [3.8, 4) is 0 Å². The zero-order chi connectivity index (χ0) is 7.23. The molecule has 0 aliphatic heterocycles. The van der Waals surface area contributed by atoms with Gasteiger partial charge in [-0.15, -0.1) is 17.0 Å². The molecule has 1 unspecified atom stereocenters. The van der Waals surface area contributed by atoms with Crippen LogP contribution in [-0.4, -0.2) is 17.9 Å². The first kappa shape index (κ1) is 11.1. The molecule has 0 radical (unpaired) electrons. The summed E-state index contributed by atoms with van der Waals surface area (Å²) in [5, 5.41) is 9.86. The summed E-state index contributed by atoms with van der Waals surface area (Å²) in [5.41, 5.74) is 0. The molecule has 0 bridgehead atoms. The van der Waals surface area contributed by atoms with E-state index in [2.05, 4.69) is 12.1 Å². The van der Waals surface area contributed by atoms with Crippen molar-refractivity contribution >= 4 is 30.9 Å². The van der Waals surface area contributed by atoms with Gasteiger partial charge in [0.05, 0.1) is 0 Å². The molecule has 1 rings (SSSR count). The number of benzene rings is 1. The maximum absolute atomic E-state index is 8.53. The number of aliphatic hydroxyl groups is 1. The number of aliphatic hydroxyl groups excluding tert-OH is 1. The fourth-order valence-corrected chi connectivity index (χ4v) is 1.58. The van der Waals surface area contributed by atoms with E-state index in [9.17, 15) is 0 Å². The van der Waals surface area contributed by atoms with Gasteiger partial charge in [0, 0.05) is 6.61 Å². The van der Waals surface area contributed by atoms with Gasteiger partial charge in [-0.3, -0.25) is 0 Å². The standard InChI is InChI=1S/C8H11OP.BrH/c9-6-7-10-8-4-2-1-3-5-8;/h1-5,9-10H,6-7H2;1H. The maximum Gasteiger partial charge on any atom is 0.0470 e. The van der Waals surface area contributed by atoms with E-state index in [0.717, 1.165) is 14.7 Å². The summed E-state index contributed by atoms with van der Waals surface area (Å²) in [5.74, 6) is 0. The second-order valence-corrected chi connectivity index (χ2v) is 3.45. The highest BCUT2D eigenvalue weighted by molar-refractivity contribution is 8.93. The Morgan fingerprint density at radius 3 is 2.36 bits per heavy atom. The highest BCUT2D eigenvalue weighted by atomic mass is 79.9. The molecule has 0 aliphatic carbocycles. The molecule has 1 aromatic rings. The molecule has 1 atom stereocenters. The summed E-state index contributed by atoms with van der Waals surface area (Å²) in [7, 11) is 0.754. The summed E-state index contributed by atoms with van der Waals surface area (Å²) in [6.07, 6.45) is 0.893. The van der Waals surface area contributed by atoms with Crippen molar-refractivity contribution in [1.29, 1.82) is 0 Å². The highest BCUT2D eigenvalue weighted by Gasteiger charge is 1.87. The van der Waals surface area contributed by atoms with Crippen LogP contribution in [0.2, 0.25) is 0 Å². The minimum atomic E-state index is 0. The van der Waals surface area contributed by atoms with Crippen molar-refractivity contribution in [3.63, 3.8) is 0 Å². The monoisotopic (exact) mass is 234 g/mol. The van der Waals surface area contributed by atoms with Gasteiger partial charge >= 0.3 is 0 Å². The number of hydrogen-bond acceptors (Lipinski definition) is 1. The molecule has 3 heteroatoms. The molecule has 0 saturated heterocycles. The molecular formula is C8H12BrOP. The summed E-state index contributed by atoms with van der Waals surface area (Å²) >= 11 is 0. The third kappa shape index (κ3) is 4.52. The van der Waals surface area contributed by atoms with E-state index in [1.807, 2.05) is 18.2 Å². The van der Waals surface area contributed by atoms with Crippen LogP contribution in [0.3, 0.4) is 0 Å². The van der Waals surface area contributed by atoms with Gasteiger partial charge in [0.2, 0.25) is 0 Å². The summed E-state index contributed by atoms with van der Waals surface area (Å²) < 4.78 is 0. The first-order chi connectivity index (χ1) is 4.93. The molecule has 1 N–H and O–H groups in total. The van der Waals surface area contributed by atoms with Crippen molar-refractivity contribution in [2.45, 2.75) is 0 Å². The van der Waals surface area contributed by atoms with Gasteiger partial charge in [0.1, 0.15) is 0 Å². The molecule has 0 amide bonds. The Morgan fingerprint density at radius 1 is 1.18 bits per heavy atom. The van der Waals surface area contributed by atoms with Gasteiger partial charge in [-0.05, 0) is 11.5 Å². The lowest BCUT2D eigenvalue weighted by atomic mass is 10.4. The lowest BCUT2D eigenvalue weighted by Gasteiger charge is -1.96. The van der Waals surface area contributed by atoms with E-state index >= 15 is 0 Å². The lowest BCUT2D eigenvalue weighted by Crippen LogP contribution is -1.95. The Labute approximate surface area is 79.4 Å². The van der Waals surface area contributed by atoms with E-state index in [-0.39, 0.29) is 17.0 Å². The number of rotatable bonds is 3. The van der Waals surface area contributed by atoms with Gasteiger partial charge < -0.3 is 5.11 Å². The number of hydrogen-bond donors (Lipinski definition) is 1. The van der Waals surface area contributed by atoms with Crippen LogP contribution < -0.4 is 5.30 Å². The van der Waals surface area contributed by atoms with E-state index < -0.39 is 0 Å². The third-order valence-corrected chi connectivity index (χ3v) is 2.43. The van der Waals surface area contributed by atoms with E-state index in [4.69, 9.17) is 5.11 Å². The predicted molar refractivity (Wildman–Crippen MR) is 56.7 cm³/mol. The largest absolute Gasteiger partial charge is 0.396 e. The van der Waals surface area contributed by atoms with Crippen molar-refractivity contribution in [2.75, 3.05) is 12.8 Å². The Bertz CT molecular complexity index is 179. The maximum atomic E-state index is 8.53. The molecule has 1 nitrogen and oxygen atoms in total. The van der Waals surface area contributed by atoms with Gasteiger partial charge in [0.25, 0.3) is 0 Å². The summed E-state index contributed by atoms with van der Waals surface area (Å²) in [6.45, 7) is 0.299. The van der Waals surface area contributed by atoms with Crippen LogP contribution in [0.1, 0.15) is 0 Å². The SMILES string of the molecule is Br.OCCPc1ccccc1. The van der Waals surface area contributed by atoms with Gasteiger partial charge in [-0.2, -0.15) is 0 Å². The second kappa shape index (κ2) is 6.78. The highest BCUT2D eigenvalue weighted by Crippen LogP contribution is 2.07. The van der Waals surface area contributed by atoms with Gasteiger partial charge in [0.15, 0.2) is 0 Å². The van der Waals surface area contributed by atoms with Crippen molar-refractivity contribution in [2.24, 2.45) is 0 Å². The molecular weight excluding hydrogens is 223 g/mol. The third-order valence-electron chi connectivity index (χ3n) is 1.21. The quantitative estimate of drug-likeness (QED) is 0.788. The minimum absolute atomic E-state index is 0. The Hall–Kier alpha value is 0.0900. The van der Waals surface area contributed by atoms with Gasteiger partial charge in [-0.1, -0.05) is 38.9 Å². The van der Waals surface area contributed by atoms with Crippen LogP contribution in [0.4, 0.5) is 0 Å². The summed E-state index contributed by atoms with van der Waals surface area (Å²) in [4.78, 5) is 0. The van der Waals surface area contributed by atoms with Crippen LogP contribution >= 0.6 is 25.6 Å². The minimum Gasteiger partial charge on any atom is -0.396 e. The van der Waals surface area contributed by atoms with Crippen molar-refractivity contribution in [1.82, 2.24) is 0 Å². The Morgan fingerprint density at radius 2 is 1.82 bits per heavy atom. The summed E-state index contributed by atoms with van der Waals surface area (Å²) in [6, 6.07) is 10.2. The lowest BCUT2D eigenvalue weighted by molar-refractivity contribution is 0.322. The van der Waals surface area contributed by atoms with Crippen LogP contribution in [0, 0.1) is 0 Å². The molecule has 0 aromatic heterocycles. The zero-order valence-corrected chi connectivity index (χ0v) is 8.87. The topological polar surface area (TPSA) is 20.2 Å². The first-order valence-electron chi connectivity index (χ1n) is 3.33. The van der Waals surface area contributed by atoms with Crippen molar-refractivity contribution < 1.29 is 5.11 Å². The number of halogens is 1. The molecule has 11 heavy (non-hydrogen) atoms. The van der Waals surface area contributed by atoms with Crippen molar-refractivity contribution in [3.05, 3.63) is 30.3 Å². The van der Waals surface area contributed by atoms with E-state index in [1.54, 1.807) is 0 Å². The fourth-order valence-electron chi connectivity index (χ4n) is 0.756. The van der Waals surface area contributed by atoms with E-state index in [0.29, 0.717) is 6.61 Å². The molecule has 0 saturated carbocycles. The van der Waals surface area contributed by atoms with Crippen LogP contribution in [0.5, 0.6) is 0 Å². The second-order valence-electron chi connectivity index (χ2n) is 2.02. The molecule has 0 heterocycles. The molecule has 1 aromatic carbocycles. The molecule has 62 valence electrons. The van der Waals surface area contributed by atoms with E-state index in [1.165, 1.54) is 5.30 Å². The predicted octanol–water partition coefficient (Wildman–Crippen LogP) is 1.56. The van der Waals surface area contributed by atoms with Crippen LogP contribution in [0.25, 0.3) is 0 Å². The normalized spacial score (nSPS) is 9.91. The molecule has 0 spiro atoms. The van der Waals surface area contributed by atoms with Crippen LogP contribution in [-0.2, 0) is 0 Å². The Balaban J connectivity index is 0.000001000.